The van der Waals surface area contributed by atoms with Gasteiger partial charge in [-0.2, -0.15) is 16.8 Å². The molecule has 2 unspecified atom stereocenters. The summed E-state index contributed by atoms with van der Waals surface area (Å²) in [6, 6.07) is 10.8. The first kappa shape index (κ1) is 22.5. The van der Waals surface area contributed by atoms with Crippen LogP contribution in [0, 0.1) is 13.8 Å². The lowest BCUT2D eigenvalue weighted by atomic mass is 10.2. The summed E-state index contributed by atoms with van der Waals surface area (Å²) < 4.78 is 58.1. The summed E-state index contributed by atoms with van der Waals surface area (Å²) in [5.41, 5.74) is 7.47. The Labute approximate surface area is 165 Å². The molecule has 0 bridgehead atoms. The monoisotopic (exact) mass is 429 g/mol. The second-order valence-electron chi connectivity index (χ2n) is 6.33. The molecule has 154 valence electrons. The minimum atomic E-state index is -4.07. The van der Waals surface area contributed by atoms with Crippen molar-refractivity contribution in [1.82, 2.24) is 0 Å². The Kier molecular flexibility index (Phi) is 7.32. The van der Waals surface area contributed by atoms with Crippen molar-refractivity contribution in [3.8, 4) is 0 Å². The van der Waals surface area contributed by atoms with Gasteiger partial charge in [-0.1, -0.05) is 35.4 Å². The fourth-order valence-corrected chi connectivity index (χ4v) is 3.97. The van der Waals surface area contributed by atoms with Gasteiger partial charge < -0.3 is 10.8 Å². The van der Waals surface area contributed by atoms with E-state index in [0.29, 0.717) is 0 Å². The summed E-state index contributed by atoms with van der Waals surface area (Å²) in [5.74, 6) is 0. The van der Waals surface area contributed by atoms with E-state index in [1.54, 1.807) is 24.3 Å². The molecule has 0 saturated carbocycles. The Morgan fingerprint density at radius 2 is 1.14 bits per heavy atom. The molecule has 0 spiro atoms. The predicted octanol–water partition coefficient (Wildman–Crippen LogP) is 1.10. The van der Waals surface area contributed by atoms with Gasteiger partial charge in [0.2, 0.25) is 0 Å². The summed E-state index contributed by atoms with van der Waals surface area (Å²) in [7, 11) is -8.12. The number of rotatable bonds is 9. The van der Waals surface area contributed by atoms with Gasteiger partial charge >= 0.3 is 0 Å². The normalized spacial score (nSPS) is 14.6. The maximum absolute atomic E-state index is 12.1. The minimum Gasteiger partial charge on any atom is -0.389 e. The van der Waals surface area contributed by atoms with Gasteiger partial charge in [0, 0.05) is 0 Å². The van der Waals surface area contributed by atoms with Crippen LogP contribution < -0.4 is 5.73 Å². The standard InChI is InChI=1S/C18H23NO7S2/c1-13-3-7-15(8-4-13)27(21,22)25-11-17(19)18(20)12-26-28(23,24)16-9-5-14(2)6-10-16/h3-10,17-18,20H,11-12,19H2,1-2H3. The van der Waals surface area contributed by atoms with Crippen molar-refractivity contribution < 1.29 is 30.3 Å². The number of hydrogen-bond donors (Lipinski definition) is 2. The second-order valence-corrected chi connectivity index (χ2v) is 9.57. The summed E-state index contributed by atoms with van der Waals surface area (Å²) in [6.07, 6.45) is -1.45. The lowest BCUT2D eigenvalue weighted by Crippen LogP contribution is -2.42. The van der Waals surface area contributed by atoms with Crippen LogP contribution in [0.25, 0.3) is 0 Å². The molecule has 10 heteroatoms. The highest BCUT2D eigenvalue weighted by Gasteiger charge is 2.24. The summed E-state index contributed by atoms with van der Waals surface area (Å²) in [5, 5.41) is 9.99. The molecular formula is C18H23NO7S2. The quantitative estimate of drug-likeness (QED) is 0.566. The van der Waals surface area contributed by atoms with Gasteiger partial charge in [0.25, 0.3) is 20.2 Å². The van der Waals surface area contributed by atoms with Crippen LogP contribution in [-0.2, 0) is 28.6 Å². The topological polar surface area (TPSA) is 133 Å². The van der Waals surface area contributed by atoms with E-state index in [2.05, 4.69) is 0 Å². The zero-order chi connectivity index (χ0) is 20.9. The first-order chi connectivity index (χ1) is 13.0. The molecule has 0 amide bonds. The molecule has 3 N–H and O–H groups in total. The van der Waals surface area contributed by atoms with E-state index in [0.717, 1.165) is 11.1 Å². The maximum Gasteiger partial charge on any atom is 0.297 e. The van der Waals surface area contributed by atoms with E-state index in [1.807, 2.05) is 13.8 Å². The van der Waals surface area contributed by atoms with Gasteiger partial charge in [-0.25, -0.2) is 0 Å². The van der Waals surface area contributed by atoms with Crippen LogP contribution in [0.1, 0.15) is 11.1 Å². The molecule has 0 saturated heterocycles. The molecule has 0 heterocycles. The number of nitrogens with two attached hydrogens (primary N) is 1. The van der Waals surface area contributed by atoms with Crippen LogP contribution in [0.5, 0.6) is 0 Å². The number of benzene rings is 2. The lowest BCUT2D eigenvalue weighted by Gasteiger charge is -2.18. The van der Waals surface area contributed by atoms with Crippen LogP contribution in [-0.4, -0.2) is 47.3 Å². The molecule has 0 aliphatic rings. The Morgan fingerprint density at radius 3 is 1.54 bits per heavy atom. The van der Waals surface area contributed by atoms with Crippen molar-refractivity contribution in [2.45, 2.75) is 35.8 Å². The molecule has 2 aromatic carbocycles. The lowest BCUT2D eigenvalue weighted by molar-refractivity contribution is 0.0715. The third-order valence-electron chi connectivity index (χ3n) is 3.92. The molecule has 28 heavy (non-hydrogen) atoms. The molecule has 0 radical (unpaired) electrons. The van der Waals surface area contributed by atoms with Gasteiger partial charge in [-0.05, 0) is 38.1 Å². The van der Waals surface area contributed by atoms with Gasteiger partial charge in [0.15, 0.2) is 0 Å². The Hall–Kier alpha value is -1.82. The van der Waals surface area contributed by atoms with Crippen molar-refractivity contribution in [3.05, 3.63) is 59.7 Å². The number of hydrogen-bond acceptors (Lipinski definition) is 8. The van der Waals surface area contributed by atoms with E-state index in [9.17, 15) is 21.9 Å². The van der Waals surface area contributed by atoms with Gasteiger partial charge in [-0.15, -0.1) is 0 Å². The van der Waals surface area contributed by atoms with E-state index < -0.39 is 45.6 Å². The molecule has 8 nitrogen and oxygen atoms in total. The summed E-state index contributed by atoms with van der Waals surface area (Å²) in [6.45, 7) is 2.45. The highest BCUT2D eigenvalue weighted by atomic mass is 32.2. The van der Waals surface area contributed by atoms with Crippen LogP contribution in [0.2, 0.25) is 0 Å². The third kappa shape index (κ3) is 6.09. The minimum absolute atomic E-state index is 0.0435. The van der Waals surface area contributed by atoms with E-state index in [1.165, 1.54) is 24.3 Å². The molecule has 2 aromatic rings. The average Bonchev–Trinajstić information content (AvgIpc) is 2.65. The van der Waals surface area contributed by atoms with Gasteiger partial charge in [0.05, 0.1) is 35.2 Å². The Morgan fingerprint density at radius 1 is 0.786 bits per heavy atom. The fourth-order valence-electron chi connectivity index (χ4n) is 2.11. The maximum atomic E-state index is 12.1. The Balaban J connectivity index is 1.91. The first-order valence-corrected chi connectivity index (χ1v) is 11.2. The zero-order valence-electron chi connectivity index (χ0n) is 15.5. The van der Waals surface area contributed by atoms with Crippen molar-refractivity contribution in [2.75, 3.05) is 13.2 Å². The first-order valence-electron chi connectivity index (χ1n) is 8.37. The SMILES string of the molecule is Cc1ccc(S(=O)(=O)OCC(N)C(O)COS(=O)(=O)c2ccc(C)cc2)cc1. The molecule has 0 aliphatic heterocycles. The molecule has 0 fully saturated rings. The number of aliphatic hydroxyl groups excluding tert-OH is 1. The Bertz CT molecular complexity index is 902. The van der Waals surface area contributed by atoms with Crippen LogP contribution in [0.15, 0.2) is 58.3 Å². The van der Waals surface area contributed by atoms with Gasteiger partial charge in [-0.3, -0.25) is 8.37 Å². The molecule has 0 aliphatic carbocycles. The van der Waals surface area contributed by atoms with Crippen LogP contribution >= 0.6 is 0 Å². The van der Waals surface area contributed by atoms with Crippen molar-refractivity contribution >= 4 is 20.2 Å². The van der Waals surface area contributed by atoms with Crippen LogP contribution in [0.4, 0.5) is 0 Å². The van der Waals surface area contributed by atoms with Gasteiger partial charge in [0.1, 0.15) is 0 Å². The smallest absolute Gasteiger partial charge is 0.297 e. The fraction of sp³-hybridized carbons (Fsp3) is 0.333. The molecular weight excluding hydrogens is 406 g/mol. The molecule has 2 atom stereocenters. The second kappa shape index (κ2) is 9.12. The summed E-state index contributed by atoms with van der Waals surface area (Å²) >= 11 is 0. The average molecular weight is 430 g/mol. The van der Waals surface area contributed by atoms with Crippen molar-refractivity contribution in [2.24, 2.45) is 5.73 Å². The van der Waals surface area contributed by atoms with Crippen molar-refractivity contribution in [3.63, 3.8) is 0 Å². The number of aryl methyl sites for hydroxylation is 2. The van der Waals surface area contributed by atoms with Crippen molar-refractivity contribution in [1.29, 1.82) is 0 Å². The van der Waals surface area contributed by atoms with E-state index in [-0.39, 0.29) is 9.79 Å². The van der Waals surface area contributed by atoms with E-state index >= 15 is 0 Å². The highest BCUT2D eigenvalue weighted by Crippen LogP contribution is 2.15. The van der Waals surface area contributed by atoms with Crippen LogP contribution in [0.3, 0.4) is 0 Å². The molecule has 0 aromatic heterocycles. The molecule has 2 rings (SSSR count). The number of aliphatic hydroxyl groups is 1. The highest BCUT2D eigenvalue weighted by molar-refractivity contribution is 7.87. The summed E-state index contributed by atoms with van der Waals surface area (Å²) in [4.78, 5) is -0.102. The third-order valence-corrected chi connectivity index (χ3v) is 6.51. The largest absolute Gasteiger partial charge is 0.389 e. The predicted molar refractivity (Wildman–Crippen MR) is 103 cm³/mol. The van der Waals surface area contributed by atoms with E-state index in [4.69, 9.17) is 14.1 Å². The zero-order valence-corrected chi connectivity index (χ0v) is 17.1.